The van der Waals surface area contributed by atoms with E-state index >= 15 is 0 Å². The molecule has 1 amide bonds. The normalized spacial score (nSPS) is 18.3. The number of methoxy groups -OCH3 is 1. The zero-order chi connectivity index (χ0) is 15.4. The van der Waals surface area contributed by atoms with Crippen molar-refractivity contribution in [1.82, 2.24) is 4.90 Å². The van der Waals surface area contributed by atoms with Crippen LogP contribution in [0.25, 0.3) is 0 Å². The highest BCUT2D eigenvalue weighted by molar-refractivity contribution is 5.94. The molecule has 0 radical (unpaired) electrons. The van der Waals surface area contributed by atoms with Gasteiger partial charge in [0, 0.05) is 31.5 Å². The highest BCUT2D eigenvalue weighted by atomic mass is 16.5. The Morgan fingerprint density at radius 3 is 2.27 bits per heavy atom. The number of carbonyl (C=O) groups excluding carboxylic acids is 1. The topological polar surface area (TPSA) is 32.8 Å². The van der Waals surface area contributed by atoms with Crippen LogP contribution in [0, 0.1) is 0 Å². The summed E-state index contributed by atoms with van der Waals surface area (Å²) in [5.41, 5.74) is 1.87. The van der Waals surface area contributed by atoms with Crippen LogP contribution in [0.1, 0.15) is 10.4 Å². The van der Waals surface area contributed by atoms with Gasteiger partial charge in [0.15, 0.2) is 0 Å². The van der Waals surface area contributed by atoms with Crippen LogP contribution in [-0.4, -0.2) is 43.8 Å². The number of ether oxygens (including phenoxy) is 1. The molecule has 1 fully saturated rings. The number of benzene rings is 2. The molecular weight excluding hydrogens is 276 g/mol. The highest BCUT2D eigenvalue weighted by Crippen LogP contribution is 2.20. The summed E-state index contributed by atoms with van der Waals surface area (Å²) in [6.45, 7) is 2.14. The summed E-state index contributed by atoms with van der Waals surface area (Å²) in [4.78, 5) is 16.7. The van der Waals surface area contributed by atoms with Crippen molar-refractivity contribution in [2.75, 3.05) is 31.6 Å². The predicted octanol–water partition coefficient (Wildman–Crippen LogP) is 2.62. The van der Waals surface area contributed by atoms with Gasteiger partial charge in [-0.1, -0.05) is 36.4 Å². The number of hydrogen-bond acceptors (Lipinski definition) is 3. The molecule has 0 spiro atoms. The first-order valence-corrected chi connectivity index (χ1v) is 7.48. The van der Waals surface area contributed by atoms with E-state index in [1.54, 1.807) is 7.11 Å². The fourth-order valence-corrected chi connectivity index (χ4v) is 2.80. The molecular formula is C18H20N2O2. The maximum Gasteiger partial charge on any atom is 0.256 e. The van der Waals surface area contributed by atoms with E-state index in [4.69, 9.17) is 4.74 Å². The van der Waals surface area contributed by atoms with Crippen molar-refractivity contribution in [3.63, 3.8) is 0 Å². The SMILES string of the molecule is CO[C@@H]1CN(c2ccccc2)CCN1C(=O)c1ccccc1. The van der Waals surface area contributed by atoms with Crippen LogP contribution in [-0.2, 0) is 4.74 Å². The molecule has 1 aliphatic rings. The van der Waals surface area contributed by atoms with Crippen molar-refractivity contribution in [1.29, 1.82) is 0 Å². The van der Waals surface area contributed by atoms with Gasteiger partial charge in [-0.05, 0) is 24.3 Å². The van der Waals surface area contributed by atoms with E-state index in [1.807, 2.05) is 53.4 Å². The molecule has 2 aromatic carbocycles. The minimum absolute atomic E-state index is 0.0279. The first kappa shape index (κ1) is 14.6. The van der Waals surface area contributed by atoms with Gasteiger partial charge in [0.25, 0.3) is 5.91 Å². The molecule has 0 saturated carbocycles. The average Bonchev–Trinajstić information content (AvgIpc) is 2.62. The quantitative estimate of drug-likeness (QED) is 0.873. The minimum atomic E-state index is -0.235. The summed E-state index contributed by atoms with van der Waals surface area (Å²) < 4.78 is 5.56. The molecule has 0 aromatic heterocycles. The smallest absolute Gasteiger partial charge is 0.256 e. The van der Waals surface area contributed by atoms with Gasteiger partial charge in [-0.25, -0.2) is 0 Å². The fourth-order valence-electron chi connectivity index (χ4n) is 2.80. The third-order valence-corrected chi connectivity index (χ3v) is 4.01. The van der Waals surface area contributed by atoms with Gasteiger partial charge in [-0.15, -0.1) is 0 Å². The predicted molar refractivity (Wildman–Crippen MR) is 86.9 cm³/mol. The van der Waals surface area contributed by atoms with Crippen molar-refractivity contribution in [3.8, 4) is 0 Å². The van der Waals surface area contributed by atoms with Gasteiger partial charge in [0.05, 0.1) is 6.54 Å². The van der Waals surface area contributed by atoms with Crippen LogP contribution in [0.5, 0.6) is 0 Å². The lowest BCUT2D eigenvalue weighted by Crippen LogP contribution is -2.56. The summed E-state index contributed by atoms with van der Waals surface area (Å²) in [7, 11) is 1.66. The molecule has 1 aliphatic heterocycles. The van der Waals surface area contributed by atoms with E-state index in [-0.39, 0.29) is 12.1 Å². The molecule has 1 atom stereocenters. The lowest BCUT2D eigenvalue weighted by atomic mass is 10.1. The van der Waals surface area contributed by atoms with Crippen LogP contribution in [0.4, 0.5) is 5.69 Å². The Balaban J connectivity index is 1.75. The van der Waals surface area contributed by atoms with Crippen LogP contribution in [0.15, 0.2) is 60.7 Å². The molecule has 0 bridgehead atoms. The third-order valence-electron chi connectivity index (χ3n) is 4.01. The van der Waals surface area contributed by atoms with Crippen molar-refractivity contribution >= 4 is 11.6 Å². The fraction of sp³-hybridized carbons (Fsp3) is 0.278. The van der Waals surface area contributed by atoms with Crippen LogP contribution >= 0.6 is 0 Å². The van der Waals surface area contributed by atoms with Crippen molar-refractivity contribution in [2.24, 2.45) is 0 Å². The first-order valence-electron chi connectivity index (χ1n) is 7.48. The van der Waals surface area contributed by atoms with Gasteiger partial charge in [-0.3, -0.25) is 4.79 Å². The molecule has 4 heteroatoms. The van der Waals surface area contributed by atoms with E-state index in [0.717, 1.165) is 12.2 Å². The molecule has 1 heterocycles. The Labute approximate surface area is 130 Å². The highest BCUT2D eigenvalue weighted by Gasteiger charge is 2.30. The zero-order valence-corrected chi connectivity index (χ0v) is 12.7. The number of hydrogen-bond donors (Lipinski definition) is 0. The summed E-state index contributed by atoms with van der Waals surface area (Å²) in [6, 6.07) is 19.6. The van der Waals surface area contributed by atoms with E-state index in [0.29, 0.717) is 18.7 Å². The second-order valence-electron chi connectivity index (χ2n) is 5.34. The molecule has 0 unspecified atom stereocenters. The molecule has 0 aliphatic carbocycles. The Bertz CT molecular complexity index is 615. The minimum Gasteiger partial charge on any atom is -0.365 e. The number of amides is 1. The van der Waals surface area contributed by atoms with Gasteiger partial charge < -0.3 is 14.5 Å². The largest absolute Gasteiger partial charge is 0.365 e. The van der Waals surface area contributed by atoms with E-state index < -0.39 is 0 Å². The number of nitrogens with zero attached hydrogens (tertiary/aromatic N) is 2. The molecule has 114 valence electrons. The van der Waals surface area contributed by atoms with E-state index in [1.165, 1.54) is 0 Å². The van der Waals surface area contributed by atoms with Crippen LogP contribution < -0.4 is 4.90 Å². The number of carbonyl (C=O) groups is 1. The lowest BCUT2D eigenvalue weighted by Gasteiger charge is -2.41. The van der Waals surface area contributed by atoms with Gasteiger partial charge in [0.2, 0.25) is 0 Å². The summed E-state index contributed by atoms with van der Waals surface area (Å²) in [5.74, 6) is 0.0279. The molecule has 2 aromatic rings. The Morgan fingerprint density at radius 1 is 1.00 bits per heavy atom. The van der Waals surface area contributed by atoms with Crippen molar-refractivity contribution in [3.05, 3.63) is 66.2 Å². The Morgan fingerprint density at radius 2 is 1.64 bits per heavy atom. The van der Waals surface area contributed by atoms with E-state index in [2.05, 4.69) is 17.0 Å². The summed E-state index contributed by atoms with van der Waals surface area (Å²) >= 11 is 0. The second-order valence-corrected chi connectivity index (χ2v) is 5.34. The van der Waals surface area contributed by atoms with E-state index in [9.17, 15) is 4.79 Å². The molecule has 3 rings (SSSR count). The van der Waals surface area contributed by atoms with Crippen molar-refractivity contribution < 1.29 is 9.53 Å². The Hall–Kier alpha value is -2.33. The first-order chi connectivity index (χ1) is 10.8. The maximum absolute atomic E-state index is 12.6. The summed E-state index contributed by atoms with van der Waals surface area (Å²) in [5, 5.41) is 0. The monoisotopic (exact) mass is 296 g/mol. The lowest BCUT2D eigenvalue weighted by molar-refractivity contribution is -0.0247. The van der Waals surface area contributed by atoms with Gasteiger partial charge >= 0.3 is 0 Å². The molecule has 22 heavy (non-hydrogen) atoms. The Kier molecular flexibility index (Phi) is 4.39. The van der Waals surface area contributed by atoms with Gasteiger partial charge in [-0.2, -0.15) is 0 Å². The molecule has 0 N–H and O–H groups in total. The van der Waals surface area contributed by atoms with Crippen LogP contribution in [0.3, 0.4) is 0 Å². The van der Waals surface area contributed by atoms with Crippen LogP contribution in [0.2, 0.25) is 0 Å². The standard InChI is InChI=1S/C18H20N2O2/c1-22-17-14-19(16-10-6-3-7-11-16)12-13-20(17)18(21)15-8-4-2-5-9-15/h2-11,17H,12-14H2,1H3/t17-/m1/s1. The number of rotatable bonds is 3. The molecule has 4 nitrogen and oxygen atoms in total. The molecule has 1 saturated heterocycles. The van der Waals surface area contributed by atoms with Gasteiger partial charge in [0.1, 0.15) is 6.23 Å². The second kappa shape index (κ2) is 6.62. The average molecular weight is 296 g/mol. The number of piperazine rings is 1. The maximum atomic E-state index is 12.6. The number of para-hydroxylation sites is 1. The summed E-state index contributed by atoms with van der Waals surface area (Å²) in [6.07, 6.45) is -0.235. The number of anilines is 1. The third kappa shape index (κ3) is 2.97. The van der Waals surface area contributed by atoms with Crippen molar-refractivity contribution in [2.45, 2.75) is 6.23 Å². The zero-order valence-electron chi connectivity index (χ0n) is 12.7.